The van der Waals surface area contributed by atoms with Crippen LogP contribution >= 0.6 is 22.9 Å². The smallest absolute Gasteiger partial charge is 0.336 e. The van der Waals surface area contributed by atoms with Crippen LogP contribution in [0.5, 0.6) is 5.75 Å². The van der Waals surface area contributed by atoms with Crippen molar-refractivity contribution >= 4 is 44.1 Å². The minimum absolute atomic E-state index is 0.0945. The van der Waals surface area contributed by atoms with Crippen molar-refractivity contribution in [3.05, 3.63) is 68.5 Å². The molecule has 142 valence electrons. The van der Waals surface area contributed by atoms with Crippen LogP contribution in [0, 0.1) is 0 Å². The van der Waals surface area contributed by atoms with Gasteiger partial charge in [0.05, 0.1) is 21.3 Å². The van der Waals surface area contributed by atoms with Gasteiger partial charge < -0.3 is 9.52 Å². The molecule has 1 unspecified atom stereocenters. The lowest BCUT2D eigenvalue weighted by Crippen LogP contribution is -2.23. The van der Waals surface area contributed by atoms with Crippen LogP contribution in [0.25, 0.3) is 21.2 Å². The Labute approximate surface area is 169 Å². The van der Waals surface area contributed by atoms with Crippen LogP contribution in [0.4, 0.5) is 0 Å². The predicted molar refractivity (Wildman–Crippen MR) is 111 cm³/mol. The van der Waals surface area contributed by atoms with Gasteiger partial charge in [0.25, 0.3) is 0 Å². The van der Waals surface area contributed by atoms with Gasteiger partial charge in [0.2, 0.25) is 0 Å². The Morgan fingerprint density at radius 1 is 1.29 bits per heavy atom. The molecule has 1 atom stereocenters. The Kier molecular flexibility index (Phi) is 4.34. The first-order valence-corrected chi connectivity index (χ1v) is 10.3. The standard InChI is InChI=1S/C21H17ClN2O3S/c22-14-9-13-12(8-20(26)27-18(13)10-17(14)25)11-24-7-3-5-16(24)21-23-15-4-1-2-6-19(15)28-21/h1-2,4,6,8-10,16,25H,3,5,7,11H2. The molecule has 2 aromatic carbocycles. The molecule has 1 N–H and O–H groups in total. The van der Waals surface area contributed by atoms with E-state index in [0.29, 0.717) is 12.1 Å². The zero-order chi connectivity index (χ0) is 19.3. The van der Waals surface area contributed by atoms with Crippen LogP contribution in [0.15, 0.2) is 51.7 Å². The minimum Gasteiger partial charge on any atom is -0.506 e. The zero-order valence-electron chi connectivity index (χ0n) is 14.9. The molecule has 7 heteroatoms. The van der Waals surface area contributed by atoms with Gasteiger partial charge in [0.1, 0.15) is 16.3 Å². The summed E-state index contributed by atoms with van der Waals surface area (Å²) in [4.78, 5) is 19.2. The maximum Gasteiger partial charge on any atom is 0.336 e. The predicted octanol–water partition coefficient (Wildman–Crippen LogP) is 5.10. The van der Waals surface area contributed by atoms with Crippen molar-refractivity contribution in [1.29, 1.82) is 0 Å². The first-order valence-electron chi connectivity index (χ1n) is 9.13. The summed E-state index contributed by atoms with van der Waals surface area (Å²) in [6, 6.07) is 13.0. The third kappa shape index (κ3) is 3.07. The number of aromatic hydroxyl groups is 1. The number of benzene rings is 2. The zero-order valence-corrected chi connectivity index (χ0v) is 16.5. The summed E-state index contributed by atoms with van der Waals surface area (Å²) in [5, 5.41) is 11.9. The normalized spacial score (nSPS) is 17.7. The average molecular weight is 413 g/mol. The molecule has 4 aromatic rings. The highest BCUT2D eigenvalue weighted by atomic mass is 35.5. The molecule has 1 fully saturated rings. The largest absolute Gasteiger partial charge is 0.506 e. The molecule has 1 aliphatic heterocycles. The fourth-order valence-corrected chi connectivity index (χ4v) is 5.21. The second kappa shape index (κ2) is 6.88. The number of hydrogen-bond acceptors (Lipinski definition) is 6. The van der Waals surface area contributed by atoms with E-state index in [4.69, 9.17) is 21.0 Å². The molecule has 28 heavy (non-hydrogen) atoms. The van der Waals surface area contributed by atoms with E-state index in [1.54, 1.807) is 17.4 Å². The van der Waals surface area contributed by atoms with Crippen LogP contribution < -0.4 is 5.63 Å². The van der Waals surface area contributed by atoms with E-state index in [2.05, 4.69) is 11.0 Å². The molecule has 3 heterocycles. The summed E-state index contributed by atoms with van der Waals surface area (Å²) in [6.45, 7) is 1.54. The molecular weight excluding hydrogens is 396 g/mol. The first-order chi connectivity index (χ1) is 13.6. The Morgan fingerprint density at radius 2 is 2.14 bits per heavy atom. The minimum atomic E-state index is -0.431. The van der Waals surface area contributed by atoms with Gasteiger partial charge in [-0.2, -0.15) is 0 Å². The number of rotatable bonds is 3. The second-order valence-corrected chi connectivity index (χ2v) is 8.51. The highest BCUT2D eigenvalue weighted by molar-refractivity contribution is 7.18. The van der Waals surface area contributed by atoms with Crippen molar-refractivity contribution in [2.75, 3.05) is 6.54 Å². The molecule has 0 radical (unpaired) electrons. The van der Waals surface area contributed by atoms with Crippen LogP contribution in [0.2, 0.25) is 5.02 Å². The van der Waals surface area contributed by atoms with E-state index in [9.17, 15) is 9.90 Å². The molecule has 0 saturated carbocycles. The topological polar surface area (TPSA) is 66.6 Å². The van der Waals surface area contributed by atoms with Gasteiger partial charge in [-0.3, -0.25) is 4.90 Å². The molecular formula is C21H17ClN2O3S. The number of para-hydroxylation sites is 1. The van der Waals surface area contributed by atoms with Crippen LogP contribution in [0.3, 0.4) is 0 Å². The Hall–Kier alpha value is -2.41. The first kappa shape index (κ1) is 17.7. The van der Waals surface area contributed by atoms with E-state index in [0.717, 1.165) is 40.9 Å². The van der Waals surface area contributed by atoms with Crippen LogP contribution in [-0.2, 0) is 6.54 Å². The molecule has 0 spiro atoms. The summed E-state index contributed by atoms with van der Waals surface area (Å²) >= 11 is 7.83. The maximum absolute atomic E-state index is 12.0. The maximum atomic E-state index is 12.0. The van der Waals surface area contributed by atoms with Gasteiger partial charge in [-0.1, -0.05) is 23.7 Å². The summed E-state index contributed by atoms with van der Waals surface area (Å²) < 4.78 is 6.44. The summed E-state index contributed by atoms with van der Waals surface area (Å²) in [5.74, 6) is -0.0945. The van der Waals surface area contributed by atoms with E-state index in [1.165, 1.54) is 16.8 Å². The summed E-state index contributed by atoms with van der Waals surface area (Å²) in [6.07, 6.45) is 2.13. The third-order valence-corrected chi connectivity index (χ3v) is 6.67. The number of phenols is 1. The number of aromatic nitrogens is 1. The van der Waals surface area contributed by atoms with Crippen LogP contribution in [0.1, 0.15) is 29.5 Å². The van der Waals surface area contributed by atoms with E-state index in [-0.39, 0.29) is 16.8 Å². The molecule has 0 amide bonds. The monoisotopic (exact) mass is 412 g/mol. The lowest BCUT2D eigenvalue weighted by atomic mass is 10.1. The van der Waals surface area contributed by atoms with Crippen molar-refractivity contribution in [2.24, 2.45) is 0 Å². The number of hydrogen-bond donors (Lipinski definition) is 1. The molecule has 5 nitrogen and oxygen atoms in total. The quantitative estimate of drug-likeness (QED) is 0.474. The SMILES string of the molecule is O=c1cc(CN2CCCC2c2nc3ccccc3s2)c2cc(Cl)c(O)cc2o1. The lowest BCUT2D eigenvalue weighted by Gasteiger charge is -2.23. The number of phenolic OH excluding ortho intramolecular Hbond substituents is 1. The van der Waals surface area contributed by atoms with Crippen molar-refractivity contribution in [3.63, 3.8) is 0 Å². The number of nitrogens with zero attached hydrogens (tertiary/aromatic N) is 2. The number of fused-ring (bicyclic) bond motifs is 2. The Bertz CT molecular complexity index is 1220. The van der Waals surface area contributed by atoms with Crippen molar-refractivity contribution in [3.8, 4) is 5.75 Å². The molecule has 0 aliphatic carbocycles. The highest BCUT2D eigenvalue weighted by Crippen LogP contribution is 2.38. The molecule has 0 bridgehead atoms. The average Bonchev–Trinajstić information content (AvgIpc) is 3.29. The lowest BCUT2D eigenvalue weighted by molar-refractivity contribution is 0.248. The van der Waals surface area contributed by atoms with Crippen LogP contribution in [-0.4, -0.2) is 21.5 Å². The van der Waals surface area contributed by atoms with Gasteiger partial charge in [-0.05, 0) is 43.1 Å². The number of thiazole rings is 1. The van der Waals surface area contributed by atoms with Crippen molar-refractivity contribution in [2.45, 2.75) is 25.4 Å². The summed E-state index contributed by atoms with van der Waals surface area (Å²) in [5.41, 5.74) is 1.80. The van der Waals surface area contributed by atoms with Crippen molar-refractivity contribution in [1.82, 2.24) is 9.88 Å². The molecule has 1 aliphatic rings. The van der Waals surface area contributed by atoms with Gasteiger partial charge in [-0.15, -0.1) is 11.3 Å². The van der Waals surface area contributed by atoms with E-state index in [1.807, 2.05) is 18.2 Å². The van der Waals surface area contributed by atoms with Gasteiger partial charge >= 0.3 is 5.63 Å². The van der Waals surface area contributed by atoms with Crippen molar-refractivity contribution < 1.29 is 9.52 Å². The molecule has 2 aromatic heterocycles. The highest BCUT2D eigenvalue weighted by Gasteiger charge is 2.29. The number of likely N-dealkylation sites (tertiary alicyclic amines) is 1. The second-order valence-electron chi connectivity index (χ2n) is 7.04. The fraction of sp³-hybridized carbons (Fsp3) is 0.238. The fourth-order valence-electron chi connectivity index (χ4n) is 3.91. The van der Waals surface area contributed by atoms with E-state index < -0.39 is 5.63 Å². The van der Waals surface area contributed by atoms with Gasteiger partial charge in [0, 0.05) is 24.1 Å². The Balaban J connectivity index is 1.53. The van der Waals surface area contributed by atoms with Gasteiger partial charge in [-0.25, -0.2) is 9.78 Å². The van der Waals surface area contributed by atoms with E-state index >= 15 is 0 Å². The third-order valence-electron chi connectivity index (χ3n) is 5.23. The number of halogens is 1. The summed E-state index contributed by atoms with van der Waals surface area (Å²) in [7, 11) is 0. The Morgan fingerprint density at radius 3 is 3.00 bits per heavy atom. The molecule has 1 saturated heterocycles. The van der Waals surface area contributed by atoms with Gasteiger partial charge in [0.15, 0.2) is 0 Å². The molecule has 5 rings (SSSR count).